The van der Waals surface area contributed by atoms with Crippen LogP contribution in [0.15, 0.2) is 70.5 Å². The van der Waals surface area contributed by atoms with E-state index < -0.39 is 9.84 Å². The summed E-state index contributed by atoms with van der Waals surface area (Å²) >= 11 is 13.3. The largest absolute Gasteiger partial charge is 0.321 e. The number of pyridine rings is 1. The van der Waals surface area contributed by atoms with E-state index in [0.29, 0.717) is 17.0 Å². The number of nitrogens with zero attached hydrogens (tertiary/aromatic N) is 1. The number of aromatic nitrogens is 1. The van der Waals surface area contributed by atoms with Gasteiger partial charge in [0, 0.05) is 22.5 Å². The summed E-state index contributed by atoms with van der Waals surface area (Å²) in [5.74, 6) is 0.269. The number of hydrogen-bond donors (Lipinski definition) is 1. The standard InChI is InChI=1S/C20H16Cl2N2O3S2/c1-29(26,27)15-8-6-13(7-9-15)12-28-17-5-3-2-4-16(17)23-20(25)14-10-18(21)24-19(22)11-14/h2-11H,12H2,1H3,(H,23,25). The molecule has 0 atom stereocenters. The van der Waals surface area contributed by atoms with Crippen molar-refractivity contribution in [2.24, 2.45) is 0 Å². The first-order valence-electron chi connectivity index (χ1n) is 8.37. The van der Waals surface area contributed by atoms with E-state index in [4.69, 9.17) is 23.2 Å². The van der Waals surface area contributed by atoms with Gasteiger partial charge in [0.2, 0.25) is 0 Å². The van der Waals surface area contributed by atoms with E-state index in [1.54, 1.807) is 30.3 Å². The fourth-order valence-corrected chi connectivity index (χ4v) is 4.54. The molecule has 9 heteroatoms. The molecule has 0 radical (unpaired) electrons. The SMILES string of the molecule is CS(=O)(=O)c1ccc(CSc2ccccc2NC(=O)c2cc(Cl)nc(Cl)c2)cc1. The summed E-state index contributed by atoms with van der Waals surface area (Å²) in [5.41, 5.74) is 1.93. The molecule has 0 aliphatic carbocycles. The molecule has 150 valence electrons. The Morgan fingerprint density at radius 2 is 1.66 bits per heavy atom. The maximum atomic E-state index is 12.6. The molecule has 5 nitrogen and oxygen atoms in total. The number of benzene rings is 2. The van der Waals surface area contributed by atoms with Gasteiger partial charge in [-0.05, 0) is 42.0 Å². The third kappa shape index (κ3) is 5.96. The zero-order chi connectivity index (χ0) is 21.0. The first-order chi connectivity index (χ1) is 13.7. The van der Waals surface area contributed by atoms with Crippen molar-refractivity contribution >= 4 is 56.4 Å². The van der Waals surface area contributed by atoms with Crippen molar-refractivity contribution in [1.29, 1.82) is 0 Å². The van der Waals surface area contributed by atoms with E-state index in [1.807, 2.05) is 18.2 Å². The Morgan fingerprint density at radius 1 is 1.03 bits per heavy atom. The molecule has 0 fully saturated rings. The molecule has 1 amide bonds. The third-order valence-corrected chi connectivity index (χ3v) is 6.57. The number of carbonyl (C=O) groups excluding carboxylic acids is 1. The molecule has 3 rings (SSSR count). The lowest BCUT2D eigenvalue weighted by molar-refractivity contribution is 0.102. The molecule has 0 spiro atoms. The number of carbonyl (C=O) groups is 1. The molecule has 0 aliphatic rings. The second-order valence-corrected chi connectivity index (χ2v) is 9.96. The van der Waals surface area contributed by atoms with Crippen LogP contribution in [0, 0.1) is 0 Å². The average molecular weight is 467 g/mol. The minimum absolute atomic E-state index is 0.142. The van der Waals surface area contributed by atoms with Crippen molar-refractivity contribution in [3.05, 3.63) is 82.1 Å². The van der Waals surface area contributed by atoms with Gasteiger partial charge in [-0.2, -0.15) is 0 Å². The van der Waals surface area contributed by atoms with E-state index >= 15 is 0 Å². The maximum absolute atomic E-state index is 12.6. The summed E-state index contributed by atoms with van der Waals surface area (Å²) in [7, 11) is -3.22. The van der Waals surface area contributed by atoms with Crippen molar-refractivity contribution < 1.29 is 13.2 Å². The molecule has 2 aromatic carbocycles. The number of halogens is 2. The van der Waals surface area contributed by atoms with Crippen LogP contribution in [0.25, 0.3) is 0 Å². The predicted octanol–water partition coefficient (Wildman–Crippen LogP) is 5.34. The van der Waals surface area contributed by atoms with Crippen LogP contribution < -0.4 is 5.32 Å². The van der Waals surface area contributed by atoms with E-state index in [-0.39, 0.29) is 21.1 Å². The molecule has 3 aromatic rings. The Morgan fingerprint density at radius 3 is 2.28 bits per heavy atom. The topological polar surface area (TPSA) is 76.1 Å². The maximum Gasteiger partial charge on any atom is 0.255 e. The Hall–Kier alpha value is -2.06. The van der Waals surface area contributed by atoms with E-state index in [1.165, 1.54) is 30.2 Å². The lowest BCUT2D eigenvalue weighted by atomic mass is 10.2. The van der Waals surface area contributed by atoms with Gasteiger partial charge < -0.3 is 5.32 Å². The van der Waals surface area contributed by atoms with Crippen molar-refractivity contribution in [2.45, 2.75) is 15.5 Å². The number of anilines is 1. The van der Waals surface area contributed by atoms with Crippen molar-refractivity contribution in [2.75, 3.05) is 11.6 Å². The fourth-order valence-electron chi connectivity index (χ4n) is 2.48. The smallest absolute Gasteiger partial charge is 0.255 e. The van der Waals surface area contributed by atoms with Crippen molar-refractivity contribution in [3.8, 4) is 0 Å². The Kier molecular flexibility index (Phi) is 6.85. The van der Waals surface area contributed by atoms with Gasteiger partial charge in [0.1, 0.15) is 10.3 Å². The Labute approximate surface area is 183 Å². The highest BCUT2D eigenvalue weighted by Crippen LogP contribution is 2.30. The summed E-state index contributed by atoms with van der Waals surface area (Å²) in [4.78, 5) is 17.5. The van der Waals surface area contributed by atoms with Gasteiger partial charge in [0.05, 0.1) is 10.6 Å². The molecule has 0 saturated carbocycles. The summed E-state index contributed by atoms with van der Waals surface area (Å²) < 4.78 is 23.1. The van der Waals surface area contributed by atoms with Gasteiger partial charge in [-0.3, -0.25) is 4.79 Å². The second kappa shape index (κ2) is 9.17. The normalized spacial score (nSPS) is 11.3. The zero-order valence-corrected chi connectivity index (χ0v) is 18.4. The molecular formula is C20H16Cl2N2O3S2. The Bertz CT molecular complexity index is 1130. The van der Waals surface area contributed by atoms with Gasteiger partial charge in [-0.15, -0.1) is 11.8 Å². The summed E-state index contributed by atoms with van der Waals surface area (Å²) in [6.07, 6.45) is 1.18. The molecule has 0 bridgehead atoms. The molecule has 0 saturated heterocycles. The first kappa shape index (κ1) is 21.6. The summed E-state index contributed by atoms with van der Waals surface area (Å²) in [5, 5.41) is 3.15. The van der Waals surface area contributed by atoms with Crippen LogP contribution in [0.5, 0.6) is 0 Å². The number of amides is 1. The van der Waals surface area contributed by atoms with Gasteiger partial charge in [-0.1, -0.05) is 47.5 Å². The Balaban J connectivity index is 1.73. The molecular weight excluding hydrogens is 451 g/mol. The van der Waals surface area contributed by atoms with Gasteiger partial charge in [0.25, 0.3) is 5.91 Å². The number of para-hydroxylation sites is 1. The molecule has 0 aliphatic heterocycles. The lowest BCUT2D eigenvalue weighted by Gasteiger charge is -2.11. The predicted molar refractivity (Wildman–Crippen MR) is 118 cm³/mol. The van der Waals surface area contributed by atoms with Gasteiger partial charge in [0.15, 0.2) is 9.84 Å². The van der Waals surface area contributed by atoms with Crippen LogP contribution in [-0.2, 0) is 15.6 Å². The van der Waals surface area contributed by atoms with Gasteiger partial charge >= 0.3 is 0 Å². The van der Waals surface area contributed by atoms with Crippen LogP contribution >= 0.6 is 35.0 Å². The summed E-state index contributed by atoms with van der Waals surface area (Å²) in [6.45, 7) is 0. The molecule has 29 heavy (non-hydrogen) atoms. The summed E-state index contributed by atoms with van der Waals surface area (Å²) in [6, 6.07) is 17.1. The first-order valence-corrected chi connectivity index (χ1v) is 12.0. The highest BCUT2D eigenvalue weighted by atomic mass is 35.5. The molecule has 0 unspecified atom stereocenters. The molecule has 1 aromatic heterocycles. The van der Waals surface area contributed by atoms with Crippen LogP contribution in [0.2, 0.25) is 10.3 Å². The fraction of sp³-hybridized carbons (Fsp3) is 0.100. The second-order valence-electron chi connectivity index (χ2n) is 6.16. The number of hydrogen-bond acceptors (Lipinski definition) is 5. The van der Waals surface area contributed by atoms with Crippen molar-refractivity contribution in [1.82, 2.24) is 4.98 Å². The number of thioether (sulfide) groups is 1. The zero-order valence-electron chi connectivity index (χ0n) is 15.2. The van der Waals surface area contributed by atoms with Crippen LogP contribution in [0.4, 0.5) is 5.69 Å². The van der Waals surface area contributed by atoms with Crippen LogP contribution in [-0.4, -0.2) is 25.6 Å². The van der Waals surface area contributed by atoms with Gasteiger partial charge in [-0.25, -0.2) is 13.4 Å². The highest BCUT2D eigenvalue weighted by molar-refractivity contribution is 7.98. The average Bonchev–Trinajstić information content (AvgIpc) is 2.66. The van der Waals surface area contributed by atoms with Crippen LogP contribution in [0.1, 0.15) is 15.9 Å². The molecule has 1 heterocycles. The highest BCUT2D eigenvalue weighted by Gasteiger charge is 2.12. The number of nitrogens with one attached hydrogen (secondary N) is 1. The third-order valence-electron chi connectivity index (χ3n) is 3.91. The van der Waals surface area contributed by atoms with E-state index in [9.17, 15) is 13.2 Å². The van der Waals surface area contributed by atoms with E-state index in [0.717, 1.165) is 10.5 Å². The van der Waals surface area contributed by atoms with E-state index in [2.05, 4.69) is 10.3 Å². The molecule has 1 N–H and O–H groups in total. The minimum atomic E-state index is -3.22. The lowest BCUT2D eigenvalue weighted by Crippen LogP contribution is -2.12. The minimum Gasteiger partial charge on any atom is -0.321 e. The van der Waals surface area contributed by atoms with Crippen LogP contribution in [0.3, 0.4) is 0 Å². The number of rotatable bonds is 6. The monoisotopic (exact) mass is 466 g/mol. The number of sulfone groups is 1. The quantitative estimate of drug-likeness (QED) is 0.392. The van der Waals surface area contributed by atoms with Crippen molar-refractivity contribution in [3.63, 3.8) is 0 Å².